The van der Waals surface area contributed by atoms with Gasteiger partial charge in [0.05, 0.1) is 0 Å². The quantitative estimate of drug-likeness (QED) is 0.685. The zero-order valence-corrected chi connectivity index (χ0v) is 8.27. The number of nitrogens with zero attached hydrogens (tertiary/aromatic N) is 2. The Morgan fingerprint density at radius 3 is 3.21 bits per heavy atom. The molecular formula is C10H15N3O. The summed E-state index contributed by atoms with van der Waals surface area (Å²) in [7, 11) is 0. The Balaban J connectivity index is 2.18. The molecule has 1 fully saturated rings. The fourth-order valence-corrected chi connectivity index (χ4v) is 1.76. The first-order valence-corrected chi connectivity index (χ1v) is 4.89. The lowest BCUT2D eigenvalue weighted by Gasteiger charge is -2.32. The van der Waals surface area contributed by atoms with Crippen molar-refractivity contribution in [3.05, 3.63) is 18.3 Å². The highest BCUT2D eigenvalue weighted by molar-refractivity contribution is 5.51. The summed E-state index contributed by atoms with van der Waals surface area (Å²) < 4.78 is 0. The van der Waals surface area contributed by atoms with E-state index in [-0.39, 0.29) is 5.75 Å². The fraction of sp³-hybridized carbons (Fsp3) is 0.500. The molecule has 2 heterocycles. The SMILES string of the molecule is C[C@@H]1CN(c2ncccc2O)CCN1. The summed E-state index contributed by atoms with van der Waals surface area (Å²) in [6.45, 7) is 4.86. The number of aromatic hydroxyl groups is 1. The Morgan fingerprint density at radius 1 is 1.64 bits per heavy atom. The Hall–Kier alpha value is -1.29. The molecule has 1 aromatic heterocycles. The summed E-state index contributed by atoms with van der Waals surface area (Å²) >= 11 is 0. The number of pyridine rings is 1. The van der Waals surface area contributed by atoms with E-state index in [1.165, 1.54) is 0 Å². The molecule has 1 aromatic rings. The Kier molecular flexibility index (Phi) is 2.54. The zero-order valence-electron chi connectivity index (χ0n) is 8.27. The lowest BCUT2D eigenvalue weighted by atomic mass is 10.2. The molecule has 76 valence electrons. The Bertz CT molecular complexity index is 316. The van der Waals surface area contributed by atoms with Gasteiger partial charge in [0.2, 0.25) is 0 Å². The highest BCUT2D eigenvalue weighted by Gasteiger charge is 2.18. The van der Waals surface area contributed by atoms with Crippen LogP contribution in [0.1, 0.15) is 6.92 Å². The van der Waals surface area contributed by atoms with Crippen LogP contribution in [0.15, 0.2) is 18.3 Å². The van der Waals surface area contributed by atoms with Gasteiger partial charge >= 0.3 is 0 Å². The van der Waals surface area contributed by atoms with E-state index in [9.17, 15) is 5.11 Å². The molecule has 1 aliphatic rings. The van der Waals surface area contributed by atoms with Crippen LogP contribution in [-0.2, 0) is 0 Å². The van der Waals surface area contributed by atoms with Gasteiger partial charge in [-0.05, 0) is 19.1 Å². The molecule has 2 rings (SSSR count). The second-order valence-electron chi connectivity index (χ2n) is 3.65. The number of rotatable bonds is 1. The summed E-state index contributed by atoms with van der Waals surface area (Å²) in [6, 6.07) is 3.87. The predicted octanol–water partition coefficient (Wildman–Crippen LogP) is 0.585. The second-order valence-corrected chi connectivity index (χ2v) is 3.65. The summed E-state index contributed by atoms with van der Waals surface area (Å²) in [6.07, 6.45) is 1.71. The molecule has 4 nitrogen and oxygen atoms in total. The summed E-state index contributed by atoms with van der Waals surface area (Å²) in [5.74, 6) is 0.961. The van der Waals surface area contributed by atoms with E-state index in [0.717, 1.165) is 19.6 Å². The van der Waals surface area contributed by atoms with Crippen molar-refractivity contribution >= 4 is 5.82 Å². The molecule has 4 heteroatoms. The highest BCUT2D eigenvalue weighted by Crippen LogP contribution is 2.23. The van der Waals surface area contributed by atoms with Gasteiger partial charge in [0.1, 0.15) is 0 Å². The normalized spacial score (nSPS) is 22.4. The van der Waals surface area contributed by atoms with Gasteiger partial charge < -0.3 is 15.3 Å². The molecule has 0 aromatic carbocycles. The minimum atomic E-state index is 0.265. The molecule has 0 aliphatic carbocycles. The molecule has 0 saturated carbocycles. The minimum Gasteiger partial charge on any atom is -0.504 e. The largest absolute Gasteiger partial charge is 0.504 e. The van der Waals surface area contributed by atoms with Crippen molar-refractivity contribution in [1.82, 2.24) is 10.3 Å². The number of hydrogen-bond acceptors (Lipinski definition) is 4. The van der Waals surface area contributed by atoms with Crippen LogP contribution in [0.4, 0.5) is 5.82 Å². The zero-order chi connectivity index (χ0) is 9.97. The summed E-state index contributed by atoms with van der Waals surface area (Å²) in [5.41, 5.74) is 0. The van der Waals surface area contributed by atoms with Crippen LogP contribution in [0, 0.1) is 0 Å². The van der Waals surface area contributed by atoms with Gasteiger partial charge in [-0.3, -0.25) is 0 Å². The number of piperazine rings is 1. The number of hydrogen-bond donors (Lipinski definition) is 2. The Labute approximate surface area is 83.6 Å². The van der Waals surface area contributed by atoms with E-state index >= 15 is 0 Å². The van der Waals surface area contributed by atoms with Crippen molar-refractivity contribution in [1.29, 1.82) is 0 Å². The first kappa shape index (κ1) is 9.27. The van der Waals surface area contributed by atoms with Gasteiger partial charge in [0.15, 0.2) is 11.6 Å². The summed E-state index contributed by atoms with van der Waals surface area (Å²) in [5, 5.41) is 13.0. The third-order valence-corrected chi connectivity index (χ3v) is 2.43. The van der Waals surface area contributed by atoms with Crippen LogP contribution in [0.25, 0.3) is 0 Å². The maximum Gasteiger partial charge on any atom is 0.171 e. The van der Waals surface area contributed by atoms with Crippen LogP contribution >= 0.6 is 0 Å². The first-order valence-electron chi connectivity index (χ1n) is 4.89. The van der Waals surface area contributed by atoms with Crippen LogP contribution in [0.2, 0.25) is 0 Å². The minimum absolute atomic E-state index is 0.265. The van der Waals surface area contributed by atoms with Crippen molar-refractivity contribution in [3.63, 3.8) is 0 Å². The molecular weight excluding hydrogens is 178 g/mol. The lowest BCUT2D eigenvalue weighted by molar-refractivity contribution is 0.452. The van der Waals surface area contributed by atoms with Gasteiger partial charge in [-0.15, -0.1) is 0 Å². The molecule has 0 amide bonds. The van der Waals surface area contributed by atoms with Crippen molar-refractivity contribution in [2.45, 2.75) is 13.0 Å². The lowest BCUT2D eigenvalue weighted by Crippen LogP contribution is -2.49. The van der Waals surface area contributed by atoms with Crippen LogP contribution in [0.3, 0.4) is 0 Å². The molecule has 1 atom stereocenters. The molecule has 0 spiro atoms. The van der Waals surface area contributed by atoms with Crippen molar-refractivity contribution in [2.75, 3.05) is 24.5 Å². The van der Waals surface area contributed by atoms with E-state index in [1.807, 2.05) is 0 Å². The smallest absolute Gasteiger partial charge is 0.171 e. The molecule has 14 heavy (non-hydrogen) atoms. The van der Waals surface area contributed by atoms with Crippen LogP contribution in [-0.4, -0.2) is 35.8 Å². The molecule has 1 aliphatic heterocycles. The standard InChI is InChI=1S/C10H15N3O/c1-8-7-13(6-5-11-8)10-9(14)3-2-4-12-10/h2-4,8,11,14H,5-7H2,1H3/t8-/m1/s1. The van der Waals surface area contributed by atoms with Gasteiger partial charge in [0, 0.05) is 31.9 Å². The molecule has 2 N–H and O–H groups in total. The maximum absolute atomic E-state index is 9.62. The van der Waals surface area contributed by atoms with E-state index in [2.05, 4.69) is 22.1 Å². The van der Waals surface area contributed by atoms with Gasteiger partial charge in [-0.1, -0.05) is 0 Å². The fourth-order valence-electron chi connectivity index (χ4n) is 1.76. The van der Waals surface area contributed by atoms with Crippen LogP contribution in [0.5, 0.6) is 5.75 Å². The third-order valence-electron chi connectivity index (χ3n) is 2.43. The number of anilines is 1. The van der Waals surface area contributed by atoms with Crippen molar-refractivity contribution < 1.29 is 5.11 Å². The van der Waals surface area contributed by atoms with Gasteiger partial charge in [-0.2, -0.15) is 0 Å². The van der Waals surface area contributed by atoms with E-state index in [1.54, 1.807) is 18.3 Å². The molecule has 0 bridgehead atoms. The molecule has 1 saturated heterocycles. The average molecular weight is 193 g/mol. The van der Waals surface area contributed by atoms with Crippen molar-refractivity contribution in [2.24, 2.45) is 0 Å². The first-order chi connectivity index (χ1) is 6.77. The van der Waals surface area contributed by atoms with E-state index in [4.69, 9.17) is 0 Å². The topological polar surface area (TPSA) is 48.4 Å². The van der Waals surface area contributed by atoms with E-state index < -0.39 is 0 Å². The maximum atomic E-state index is 9.62. The molecule has 0 radical (unpaired) electrons. The van der Waals surface area contributed by atoms with E-state index in [0.29, 0.717) is 11.9 Å². The average Bonchev–Trinajstić information content (AvgIpc) is 2.18. The predicted molar refractivity (Wildman–Crippen MR) is 55.6 cm³/mol. The number of aromatic nitrogens is 1. The number of nitrogens with one attached hydrogen (secondary N) is 1. The third kappa shape index (κ3) is 1.80. The second kappa shape index (κ2) is 3.84. The van der Waals surface area contributed by atoms with Gasteiger partial charge in [0.25, 0.3) is 0 Å². The van der Waals surface area contributed by atoms with Gasteiger partial charge in [-0.25, -0.2) is 4.98 Å². The molecule has 0 unspecified atom stereocenters. The van der Waals surface area contributed by atoms with Crippen molar-refractivity contribution in [3.8, 4) is 5.75 Å². The summed E-state index contributed by atoms with van der Waals surface area (Å²) in [4.78, 5) is 6.29. The Morgan fingerprint density at radius 2 is 2.50 bits per heavy atom. The monoisotopic (exact) mass is 193 g/mol. The highest BCUT2D eigenvalue weighted by atomic mass is 16.3. The van der Waals surface area contributed by atoms with Crippen LogP contribution < -0.4 is 10.2 Å².